The van der Waals surface area contributed by atoms with E-state index >= 15 is 0 Å². The molecule has 8 heteroatoms. The standard InChI is InChI=1S/C26H35ClN4O3/c1-17(2)22(29-23(32)18-7-12-21(28-15-18)30(5)6)24(33)31-14-13-26(34,25(3,4)16-31)19-8-10-20(27)11-9-19/h7-12,15,17,22,34H,13-14,16H2,1-6H3,(H,29,32)/t22-,26+/m1/s1. The van der Waals surface area contributed by atoms with Gasteiger partial charge in [-0.15, -0.1) is 0 Å². The van der Waals surface area contributed by atoms with Crippen molar-refractivity contribution in [3.05, 3.63) is 58.7 Å². The van der Waals surface area contributed by atoms with E-state index in [0.717, 1.165) is 11.4 Å². The number of piperidine rings is 1. The zero-order valence-electron chi connectivity index (χ0n) is 20.8. The normalized spacial score (nSPS) is 20.7. The first-order valence-electron chi connectivity index (χ1n) is 11.6. The number of rotatable bonds is 6. The molecule has 2 heterocycles. The second kappa shape index (κ2) is 9.92. The third-order valence-electron chi connectivity index (χ3n) is 6.77. The SMILES string of the molecule is CC(C)[C@@H](NC(=O)c1ccc(N(C)C)nc1)C(=O)N1CC[C@](O)(c2ccc(Cl)cc2)C(C)(C)C1. The first kappa shape index (κ1) is 26.0. The van der Waals surface area contributed by atoms with Gasteiger partial charge in [0.05, 0.1) is 11.2 Å². The molecule has 3 rings (SSSR count). The van der Waals surface area contributed by atoms with Crippen LogP contribution in [-0.4, -0.2) is 60.0 Å². The summed E-state index contributed by atoms with van der Waals surface area (Å²) in [6, 6.07) is 10.0. The fourth-order valence-electron chi connectivity index (χ4n) is 4.49. The fourth-order valence-corrected chi connectivity index (χ4v) is 4.62. The van der Waals surface area contributed by atoms with Crippen LogP contribution in [0.4, 0.5) is 5.82 Å². The summed E-state index contributed by atoms with van der Waals surface area (Å²) in [6.07, 6.45) is 1.91. The maximum absolute atomic E-state index is 13.5. The van der Waals surface area contributed by atoms with E-state index in [-0.39, 0.29) is 17.7 Å². The summed E-state index contributed by atoms with van der Waals surface area (Å²) in [7, 11) is 3.76. The number of nitrogens with zero attached hydrogens (tertiary/aromatic N) is 3. The van der Waals surface area contributed by atoms with Crippen molar-refractivity contribution in [3.8, 4) is 0 Å². The number of pyridine rings is 1. The molecule has 0 unspecified atom stereocenters. The lowest BCUT2D eigenvalue weighted by molar-refractivity contribution is -0.155. The Kier molecular flexibility index (Phi) is 7.58. The molecular weight excluding hydrogens is 452 g/mol. The lowest BCUT2D eigenvalue weighted by Crippen LogP contribution is -2.60. The predicted octanol–water partition coefficient (Wildman–Crippen LogP) is 3.70. The van der Waals surface area contributed by atoms with Gasteiger partial charge in [0.15, 0.2) is 0 Å². The Hall–Kier alpha value is -2.64. The highest BCUT2D eigenvalue weighted by atomic mass is 35.5. The van der Waals surface area contributed by atoms with Crippen molar-refractivity contribution in [3.63, 3.8) is 0 Å². The molecule has 2 aromatic rings. The number of hydrogen-bond donors (Lipinski definition) is 2. The molecule has 1 aliphatic heterocycles. The molecule has 0 bridgehead atoms. The van der Waals surface area contributed by atoms with Crippen LogP contribution in [0.15, 0.2) is 42.6 Å². The molecule has 1 aliphatic rings. The fraction of sp³-hybridized carbons (Fsp3) is 0.500. The summed E-state index contributed by atoms with van der Waals surface area (Å²) >= 11 is 6.03. The van der Waals surface area contributed by atoms with Crippen LogP contribution < -0.4 is 10.2 Å². The van der Waals surface area contributed by atoms with Crippen molar-refractivity contribution in [2.24, 2.45) is 11.3 Å². The van der Waals surface area contributed by atoms with E-state index < -0.39 is 17.1 Å². The number of halogens is 1. The number of hydrogen-bond acceptors (Lipinski definition) is 5. The highest BCUT2D eigenvalue weighted by molar-refractivity contribution is 6.30. The Morgan fingerprint density at radius 1 is 1.15 bits per heavy atom. The molecule has 184 valence electrons. The van der Waals surface area contributed by atoms with Crippen molar-refractivity contribution in [2.45, 2.75) is 45.8 Å². The number of carbonyl (C=O) groups is 2. The van der Waals surface area contributed by atoms with Gasteiger partial charge in [0.25, 0.3) is 5.91 Å². The van der Waals surface area contributed by atoms with Gasteiger partial charge in [-0.2, -0.15) is 0 Å². The minimum atomic E-state index is -1.09. The van der Waals surface area contributed by atoms with Crippen LogP contribution in [0.2, 0.25) is 5.02 Å². The molecule has 0 aliphatic carbocycles. The van der Waals surface area contributed by atoms with E-state index in [1.165, 1.54) is 6.20 Å². The average Bonchev–Trinajstić information content (AvgIpc) is 2.78. The third kappa shape index (κ3) is 5.20. The first-order chi connectivity index (χ1) is 15.9. The van der Waals surface area contributed by atoms with E-state index in [2.05, 4.69) is 10.3 Å². The Balaban J connectivity index is 1.75. The number of nitrogens with one attached hydrogen (secondary N) is 1. The van der Waals surface area contributed by atoms with Crippen LogP contribution in [0.1, 0.15) is 50.0 Å². The molecule has 2 N–H and O–H groups in total. The summed E-state index contributed by atoms with van der Waals surface area (Å²) in [5, 5.41) is 15.1. The van der Waals surface area contributed by atoms with Gasteiger partial charge in [-0.3, -0.25) is 9.59 Å². The van der Waals surface area contributed by atoms with Gasteiger partial charge in [0, 0.05) is 43.8 Å². The van der Waals surface area contributed by atoms with Crippen molar-refractivity contribution < 1.29 is 14.7 Å². The first-order valence-corrected chi connectivity index (χ1v) is 11.9. The maximum atomic E-state index is 13.5. The molecule has 2 amide bonds. The maximum Gasteiger partial charge on any atom is 0.253 e. The van der Waals surface area contributed by atoms with Crippen molar-refractivity contribution >= 4 is 29.2 Å². The van der Waals surface area contributed by atoms with Gasteiger partial charge in [-0.25, -0.2) is 4.98 Å². The lowest BCUT2D eigenvalue weighted by atomic mass is 9.66. The summed E-state index contributed by atoms with van der Waals surface area (Å²) in [6.45, 7) is 8.50. The Morgan fingerprint density at radius 2 is 1.79 bits per heavy atom. The average molecular weight is 487 g/mol. The van der Waals surface area contributed by atoms with Gasteiger partial charge < -0.3 is 20.2 Å². The Labute approximate surface area is 207 Å². The lowest BCUT2D eigenvalue weighted by Gasteiger charge is -2.51. The number of anilines is 1. The molecule has 0 saturated carbocycles. The summed E-state index contributed by atoms with van der Waals surface area (Å²) in [4.78, 5) is 34.3. The number of amides is 2. The number of aromatic nitrogens is 1. The van der Waals surface area contributed by atoms with Crippen LogP contribution in [0.5, 0.6) is 0 Å². The molecule has 2 atom stereocenters. The Morgan fingerprint density at radius 3 is 2.29 bits per heavy atom. The van der Waals surface area contributed by atoms with Crippen molar-refractivity contribution in [2.75, 3.05) is 32.1 Å². The molecule has 1 saturated heterocycles. The Bertz CT molecular complexity index is 1020. The number of likely N-dealkylation sites (tertiary alicyclic amines) is 1. The van der Waals surface area contributed by atoms with Crippen LogP contribution in [0.25, 0.3) is 0 Å². The van der Waals surface area contributed by atoms with Crippen molar-refractivity contribution in [1.29, 1.82) is 0 Å². The summed E-state index contributed by atoms with van der Waals surface area (Å²) in [5.41, 5.74) is -0.506. The zero-order chi connectivity index (χ0) is 25.3. The molecule has 0 spiro atoms. The van der Waals surface area contributed by atoms with Crippen LogP contribution in [0.3, 0.4) is 0 Å². The van der Waals surface area contributed by atoms with E-state index in [0.29, 0.717) is 30.1 Å². The number of aliphatic hydroxyl groups is 1. The quantitative estimate of drug-likeness (QED) is 0.650. The highest BCUT2D eigenvalue weighted by Crippen LogP contribution is 2.46. The number of benzene rings is 1. The molecular formula is C26H35ClN4O3. The second-order valence-corrected chi connectivity index (χ2v) is 10.7. The smallest absolute Gasteiger partial charge is 0.253 e. The molecule has 7 nitrogen and oxygen atoms in total. The van der Waals surface area contributed by atoms with Gasteiger partial charge in [-0.1, -0.05) is 51.4 Å². The van der Waals surface area contributed by atoms with Crippen molar-refractivity contribution in [1.82, 2.24) is 15.2 Å². The van der Waals surface area contributed by atoms with Crippen LogP contribution in [-0.2, 0) is 10.4 Å². The van der Waals surface area contributed by atoms with Crippen LogP contribution in [0, 0.1) is 11.3 Å². The van der Waals surface area contributed by atoms with E-state index in [9.17, 15) is 14.7 Å². The van der Waals surface area contributed by atoms with Gasteiger partial charge in [-0.05, 0) is 42.2 Å². The topological polar surface area (TPSA) is 85.8 Å². The minimum absolute atomic E-state index is 0.106. The van der Waals surface area contributed by atoms with E-state index in [1.54, 1.807) is 29.2 Å². The second-order valence-electron chi connectivity index (χ2n) is 10.3. The van der Waals surface area contributed by atoms with E-state index in [1.807, 2.05) is 58.8 Å². The minimum Gasteiger partial charge on any atom is -0.384 e. The zero-order valence-corrected chi connectivity index (χ0v) is 21.6. The number of carbonyl (C=O) groups excluding carboxylic acids is 2. The highest BCUT2D eigenvalue weighted by Gasteiger charge is 2.50. The van der Waals surface area contributed by atoms with E-state index in [4.69, 9.17) is 11.6 Å². The summed E-state index contributed by atoms with van der Waals surface area (Å²) < 4.78 is 0. The van der Waals surface area contributed by atoms with Gasteiger partial charge in [0.1, 0.15) is 11.9 Å². The van der Waals surface area contributed by atoms with Gasteiger partial charge in [0.2, 0.25) is 5.91 Å². The van der Waals surface area contributed by atoms with Gasteiger partial charge >= 0.3 is 0 Å². The largest absolute Gasteiger partial charge is 0.384 e. The molecule has 1 aromatic heterocycles. The predicted molar refractivity (Wildman–Crippen MR) is 135 cm³/mol. The molecule has 1 fully saturated rings. The molecule has 1 aromatic carbocycles. The summed E-state index contributed by atoms with van der Waals surface area (Å²) in [5.74, 6) is 0.161. The molecule has 34 heavy (non-hydrogen) atoms. The van der Waals surface area contributed by atoms with Crippen LogP contribution >= 0.6 is 11.6 Å². The molecule has 0 radical (unpaired) electrons. The monoisotopic (exact) mass is 486 g/mol. The third-order valence-corrected chi connectivity index (χ3v) is 7.02.